The summed E-state index contributed by atoms with van der Waals surface area (Å²) >= 11 is 0. The number of halogens is 3. The maximum absolute atomic E-state index is 11.9. The van der Waals surface area contributed by atoms with Crippen molar-refractivity contribution in [3.05, 3.63) is 18.0 Å². The summed E-state index contributed by atoms with van der Waals surface area (Å²) in [6, 6.07) is 2.37. The molecule has 8 nitrogen and oxygen atoms in total. The van der Waals surface area contributed by atoms with Crippen LogP contribution in [0.2, 0.25) is 0 Å². The van der Waals surface area contributed by atoms with Crippen LogP contribution in [0.4, 0.5) is 13.2 Å². The van der Waals surface area contributed by atoms with E-state index in [1.807, 2.05) is 6.20 Å². The van der Waals surface area contributed by atoms with Crippen LogP contribution in [0.25, 0.3) is 0 Å². The molecule has 12 heteroatoms. The fourth-order valence-electron chi connectivity index (χ4n) is 3.72. The topological polar surface area (TPSA) is 105 Å². The Morgan fingerprint density at radius 3 is 2.47 bits per heavy atom. The standard InChI is InChI=1S/C16H26N4O2S.C2HF3O2/c21-23(22,16-4-5-16)18-9-7-15-12-19(10-13-2-1-3-13)11-14-6-8-17-20(14)15;3-2(4,5)1(6)7/h6,8,13,15-16,18H,1-5,7,9-12H2;(H,6,7). The second kappa shape index (κ2) is 9.23. The van der Waals surface area contributed by atoms with Gasteiger partial charge >= 0.3 is 12.1 Å². The Labute approximate surface area is 173 Å². The van der Waals surface area contributed by atoms with Crippen molar-refractivity contribution in [1.29, 1.82) is 0 Å². The zero-order chi connectivity index (χ0) is 21.9. The molecule has 30 heavy (non-hydrogen) atoms. The van der Waals surface area contributed by atoms with Gasteiger partial charge in [0, 0.05) is 32.4 Å². The van der Waals surface area contributed by atoms with Gasteiger partial charge in [0.1, 0.15) is 0 Å². The number of nitrogens with zero attached hydrogens (tertiary/aromatic N) is 3. The van der Waals surface area contributed by atoms with Crippen molar-refractivity contribution in [2.75, 3.05) is 19.6 Å². The third-order valence-corrected chi connectivity index (χ3v) is 7.64. The molecule has 0 amide bonds. The van der Waals surface area contributed by atoms with Gasteiger partial charge < -0.3 is 5.11 Å². The maximum Gasteiger partial charge on any atom is 0.490 e. The van der Waals surface area contributed by atoms with Gasteiger partial charge in [0.15, 0.2) is 0 Å². The number of aromatic nitrogens is 2. The Morgan fingerprint density at radius 1 is 1.27 bits per heavy atom. The number of alkyl halides is 3. The minimum absolute atomic E-state index is 0.135. The Kier molecular flexibility index (Phi) is 7.08. The normalized spacial score (nSPS) is 22.6. The molecule has 0 radical (unpaired) electrons. The van der Waals surface area contributed by atoms with Crippen molar-refractivity contribution < 1.29 is 31.5 Å². The summed E-state index contributed by atoms with van der Waals surface area (Å²) in [5, 5.41) is 11.5. The quantitative estimate of drug-likeness (QED) is 0.657. The van der Waals surface area contributed by atoms with Crippen molar-refractivity contribution in [3.8, 4) is 0 Å². The highest BCUT2D eigenvalue weighted by Gasteiger charge is 2.38. The smallest absolute Gasteiger partial charge is 0.475 e. The van der Waals surface area contributed by atoms with Gasteiger partial charge in [0.25, 0.3) is 0 Å². The average Bonchev–Trinajstić information content (AvgIpc) is 3.37. The number of nitrogens with one attached hydrogen (secondary N) is 1. The molecule has 2 saturated carbocycles. The van der Waals surface area contributed by atoms with E-state index < -0.39 is 22.2 Å². The Bertz CT molecular complexity index is 835. The van der Waals surface area contributed by atoms with E-state index in [-0.39, 0.29) is 11.3 Å². The van der Waals surface area contributed by atoms with E-state index in [0.717, 1.165) is 38.3 Å². The van der Waals surface area contributed by atoms with Crippen molar-refractivity contribution in [1.82, 2.24) is 19.4 Å². The van der Waals surface area contributed by atoms with Gasteiger partial charge in [-0.15, -0.1) is 0 Å². The summed E-state index contributed by atoms with van der Waals surface area (Å²) in [6.45, 7) is 3.65. The first-order valence-electron chi connectivity index (χ1n) is 10.1. The fraction of sp³-hybridized carbons (Fsp3) is 0.778. The highest BCUT2D eigenvalue weighted by atomic mass is 32.2. The molecule has 170 valence electrons. The summed E-state index contributed by atoms with van der Waals surface area (Å²) < 4.78 is 60.5. The lowest BCUT2D eigenvalue weighted by atomic mass is 9.85. The maximum atomic E-state index is 11.9. The minimum Gasteiger partial charge on any atom is -0.475 e. The predicted molar refractivity (Wildman–Crippen MR) is 102 cm³/mol. The molecule has 2 N–H and O–H groups in total. The lowest BCUT2D eigenvalue weighted by molar-refractivity contribution is -0.192. The summed E-state index contributed by atoms with van der Waals surface area (Å²) in [6.07, 6.45) is 3.33. The van der Waals surface area contributed by atoms with Gasteiger partial charge in [-0.2, -0.15) is 18.3 Å². The number of carboxylic acids is 1. The molecular formula is C18H27F3N4O4S. The number of aliphatic carboxylic acids is 1. The molecule has 0 spiro atoms. The van der Waals surface area contributed by atoms with E-state index in [2.05, 4.69) is 25.5 Å². The molecule has 1 aromatic rings. The number of hydrogen-bond donors (Lipinski definition) is 2. The van der Waals surface area contributed by atoms with Crippen molar-refractivity contribution in [2.45, 2.75) is 62.5 Å². The average molecular weight is 452 g/mol. The fourth-order valence-corrected chi connectivity index (χ4v) is 5.12. The van der Waals surface area contributed by atoms with Gasteiger partial charge in [-0.25, -0.2) is 17.9 Å². The lowest BCUT2D eigenvalue weighted by Gasteiger charge is -2.38. The second-order valence-electron chi connectivity index (χ2n) is 8.14. The first-order chi connectivity index (χ1) is 14.1. The number of carboxylic acid groups (broad SMARTS) is 1. The molecule has 1 unspecified atom stereocenters. The van der Waals surface area contributed by atoms with Gasteiger partial charge in [0.2, 0.25) is 10.0 Å². The van der Waals surface area contributed by atoms with E-state index in [1.54, 1.807) is 0 Å². The number of carbonyl (C=O) groups is 1. The Balaban J connectivity index is 0.000000318. The van der Waals surface area contributed by atoms with Crippen LogP contribution in [0.15, 0.2) is 12.3 Å². The largest absolute Gasteiger partial charge is 0.490 e. The van der Waals surface area contributed by atoms with Crippen LogP contribution < -0.4 is 4.72 Å². The van der Waals surface area contributed by atoms with Crippen LogP contribution in [0.3, 0.4) is 0 Å². The van der Waals surface area contributed by atoms with Crippen molar-refractivity contribution >= 4 is 16.0 Å². The lowest BCUT2D eigenvalue weighted by Crippen LogP contribution is -2.42. The predicted octanol–water partition coefficient (Wildman–Crippen LogP) is 2.15. The molecule has 4 rings (SSSR count). The molecule has 2 fully saturated rings. The van der Waals surface area contributed by atoms with Crippen molar-refractivity contribution in [2.24, 2.45) is 5.92 Å². The highest BCUT2D eigenvalue weighted by molar-refractivity contribution is 7.90. The molecule has 0 saturated heterocycles. The number of hydrogen-bond acceptors (Lipinski definition) is 5. The van der Waals surface area contributed by atoms with E-state index >= 15 is 0 Å². The van der Waals surface area contributed by atoms with Crippen LogP contribution in [0, 0.1) is 5.92 Å². The molecular weight excluding hydrogens is 425 g/mol. The molecule has 1 aromatic heterocycles. The van der Waals surface area contributed by atoms with Crippen LogP contribution in [-0.2, 0) is 21.4 Å². The summed E-state index contributed by atoms with van der Waals surface area (Å²) in [4.78, 5) is 11.4. The van der Waals surface area contributed by atoms with Crippen LogP contribution >= 0.6 is 0 Å². The highest BCUT2D eigenvalue weighted by Crippen LogP contribution is 2.31. The van der Waals surface area contributed by atoms with Gasteiger partial charge in [-0.3, -0.25) is 9.58 Å². The van der Waals surface area contributed by atoms with Crippen LogP contribution in [-0.4, -0.2) is 65.2 Å². The molecule has 2 aliphatic carbocycles. The third kappa shape index (κ3) is 6.17. The van der Waals surface area contributed by atoms with E-state index in [1.165, 1.54) is 31.5 Å². The Morgan fingerprint density at radius 2 is 1.93 bits per heavy atom. The van der Waals surface area contributed by atoms with Crippen molar-refractivity contribution in [3.63, 3.8) is 0 Å². The van der Waals surface area contributed by atoms with Crippen LogP contribution in [0.1, 0.15) is 50.3 Å². The first kappa shape index (κ1) is 23.0. The zero-order valence-corrected chi connectivity index (χ0v) is 17.3. The van der Waals surface area contributed by atoms with Gasteiger partial charge in [0.05, 0.1) is 17.0 Å². The van der Waals surface area contributed by atoms with E-state index in [4.69, 9.17) is 9.90 Å². The molecule has 2 heterocycles. The molecule has 0 aromatic carbocycles. The monoisotopic (exact) mass is 452 g/mol. The van der Waals surface area contributed by atoms with Gasteiger partial charge in [-0.05, 0) is 44.1 Å². The summed E-state index contributed by atoms with van der Waals surface area (Å²) in [5.74, 6) is -1.90. The number of sulfonamides is 1. The SMILES string of the molecule is O=C(O)C(F)(F)F.O=S(=O)(NCCC1CN(CC2CCC2)Cc2ccnn21)C1CC1. The third-order valence-electron chi connectivity index (χ3n) is 5.68. The summed E-state index contributed by atoms with van der Waals surface area (Å²) in [7, 11) is -3.07. The zero-order valence-electron chi connectivity index (χ0n) is 16.5. The molecule has 1 aliphatic heterocycles. The van der Waals surface area contributed by atoms with E-state index in [9.17, 15) is 21.6 Å². The summed E-state index contributed by atoms with van der Waals surface area (Å²) in [5.41, 5.74) is 1.26. The first-order valence-corrected chi connectivity index (χ1v) is 11.6. The number of rotatable bonds is 7. The van der Waals surface area contributed by atoms with E-state index in [0.29, 0.717) is 6.54 Å². The minimum atomic E-state index is -5.08. The number of fused-ring (bicyclic) bond motifs is 1. The van der Waals surface area contributed by atoms with Gasteiger partial charge in [-0.1, -0.05) is 6.42 Å². The second-order valence-corrected chi connectivity index (χ2v) is 10.2. The molecule has 1 atom stereocenters. The molecule has 3 aliphatic rings. The molecule has 0 bridgehead atoms. The van der Waals surface area contributed by atoms with Crippen LogP contribution in [0.5, 0.6) is 0 Å². The Hall–Kier alpha value is -1.66.